The van der Waals surface area contributed by atoms with Gasteiger partial charge in [-0.15, -0.1) is 0 Å². The first kappa shape index (κ1) is 34.4. The van der Waals surface area contributed by atoms with Crippen molar-refractivity contribution in [3.8, 4) is 11.5 Å². The van der Waals surface area contributed by atoms with Gasteiger partial charge >= 0.3 is 0 Å². The van der Waals surface area contributed by atoms with Crippen LogP contribution >= 0.6 is 0 Å². The molecule has 0 fully saturated rings. The molecule has 10 nitrogen and oxygen atoms in total. The van der Waals surface area contributed by atoms with Crippen LogP contribution in [0.1, 0.15) is 68.4 Å². The number of amides is 4. The van der Waals surface area contributed by atoms with Crippen molar-refractivity contribution in [1.29, 1.82) is 0 Å². The fourth-order valence-electron chi connectivity index (χ4n) is 5.27. The average Bonchev–Trinajstić information content (AvgIpc) is 2.96. The summed E-state index contributed by atoms with van der Waals surface area (Å²) in [6.45, 7) is 12.6. The van der Waals surface area contributed by atoms with E-state index < -0.39 is 29.8 Å². The van der Waals surface area contributed by atoms with Gasteiger partial charge in [-0.25, -0.2) is 0 Å². The van der Waals surface area contributed by atoms with E-state index in [-0.39, 0.29) is 55.5 Å². The van der Waals surface area contributed by atoms with Crippen LogP contribution < -0.4 is 25.4 Å². The lowest BCUT2D eigenvalue weighted by Crippen LogP contribution is -2.55. The second-order valence-corrected chi connectivity index (χ2v) is 12.4. The third-order valence-corrected chi connectivity index (χ3v) is 7.54. The lowest BCUT2D eigenvalue weighted by Gasteiger charge is -2.33. The number of fused-ring (bicyclic) bond motifs is 1. The molecule has 0 aliphatic carbocycles. The number of carbonyl (C=O) groups is 4. The van der Waals surface area contributed by atoms with Crippen LogP contribution in [0.4, 0.5) is 0 Å². The molecule has 2 aromatic rings. The maximum Gasteiger partial charge on any atom is 0.255 e. The molecule has 3 N–H and O–H groups in total. The molecular formula is C34H48N4O6. The Kier molecular flexibility index (Phi) is 12.6. The van der Waals surface area contributed by atoms with Crippen LogP contribution in [0, 0.1) is 25.7 Å². The summed E-state index contributed by atoms with van der Waals surface area (Å²) in [5, 5.41) is 8.34. The Bertz CT molecular complexity index is 1310. The minimum Gasteiger partial charge on any atom is -0.491 e. The van der Waals surface area contributed by atoms with Crippen molar-refractivity contribution in [3.05, 3.63) is 59.2 Å². The maximum absolute atomic E-state index is 13.7. The van der Waals surface area contributed by atoms with Crippen molar-refractivity contribution in [2.75, 3.05) is 26.8 Å². The van der Waals surface area contributed by atoms with E-state index in [9.17, 15) is 19.2 Å². The molecule has 1 aliphatic heterocycles. The summed E-state index contributed by atoms with van der Waals surface area (Å²) < 4.78 is 12.0. The van der Waals surface area contributed by atoms with Crippen molar-refractivity contribution in [3.63, 3.8) is 0 Å². The zero-order valence-corrected chi connectivity index (χ0v) is 27.1. The van der Waals surface area contributed by atoms with Gasteiger partial charge in [-0.1, -0.05) is 57.5 Å². The minimum atomic E-state index is -1.19. The van der Waals surface area contributed by atoms with E-state index in [1.807, 2.05) is 45.9 Å². The van der Waals surface area contributed by atoms with Gasteiger partial charge in [0.25, 0.3) is 5.91 Å². The summed E-state index contributed by atoms with van der Waals surface area (Å²) >= 11 is 0. The van der Waals surface area contributed by atoms with Gasteiger partial charge in [-0.3, -0.25) is 19.2 Å². The van der Waals surface area contributed by atoms with E-state index in [1.165, 1.54) is 0 Å². The highest BCUT2D eigenvalue weighted by molar-refractivity contribution is 6.01. The van der Waals surface area contributed by atoms with Crippen LogP contribution in [0.25, 0.3) is 0 Å². The smallest absolute Gasteiger partial charge is 0.255 e. The van der Waals surface area contributed by atoms with E-state index in [0.717, 1.165) is 11.1 Å². The van der Waals surface area contributed by atoms with Gasteiger partial charge in [0.1, 0.15) is 36.8 Å². The van der Waals surface area contributed by atoms with E-state index in [1.54, 1.807) is 36.2 Å². The van der Waals surface area contributed by atoms with Crippen LogP contribution in [-0.2, 0) is 14.4 Å². The standard InChI is InChI=1S/C34H48N4O6/c1-21(2)16-25-20-44-30-11-9-8-10-26(30)32(40)37-27(19-31(39)36-28(17-22(3)4)34(42)38(25)7)33(41)35-14-15-43-29-13-12-23(5)18-24(29)6/h8-13,18,21-22,25,27-28H,14-17,19-20H2,1-7H3,(H,35,41)(H,36,39)(H,37,40)/t25-,27+,28+/m1/s1. The van der Waals surface area contributed by atoms with E-state index in [4.69, 9.17) is 9.47 Å². The summed E-state index contributed by atoms with van der Waals surface area (Å²) in [6, 6.07) is 10.3. The first-order valence-electron chi connectivity index (χ1n) is 15.4. The summed E-state index contributed by atoms with van der Waals surface area (Å²) in [7, 11) is 1.72. The third-order valence-electron chi connectivity index (χ3n) is 7.54. The van der Waals surface area contributed by atoms with Crippen LogP contribution in [0.2, 0.25) is 0 Å². The molecule has 0 saturated carbocycles. The van der Waals surface area contributed by atoms with Crippen molar-refractivity contribution in [1.82, 2.24) is 20.9 Å². The molecule has 0 spiro atoms. The largest absolute Gasteiger partial charge is 0.491 e. The number of carbonyl (C=O) groups excluding carboxylic acids is 4. The van der Waals surface area contributed by atoms with Gasteiger partial charge in [0.05, 0.1) is 24.6 Å². The molecule has 3 atom stereocenters. The molecule has 3 rings (SSSR count). The van der Waals surface area contributed by atoms with Crippen molar-refractivity contribution in [2.45, 2.75) is 78.9 Å². The topological polar surface area (TPSA) is 126 Å². The average molecular weight is 609 g/mol. The molecule has 4 amide bonds. The molecule has 44 heavy (non-hydrogen) atoms. The number of hydrogen-bond donors (Lipinski definition) is 3. The number of aryl methyl sites for hydroxylation is 2. The normalized spacial score (nSPS) is 19.9. The van der Waals surface area contributed by atoms with E-state index in [2.05, 4.69) is 29.8 Å². The van der Waals surface area contributed by atoms with Gasteiger partial charge in [-0.2, -0.15) is 0 Å². The number of hydrogen-bond acceptors (Lipinski definition) is 6. The van der Waals surface area contributed by atoms with Crippen molar-refractivity contribution >= 4 is 23.6 Å². The molecule has 240 valence electrons. The Morgan fingerprint density at radius 2 is 1.73 bits per heavy atom. The van der Waals surface area contributed by atoms with E-state index >= 15 is 0 Å². The number of rotatable bonds is 9. The molecule has 0 aromatic heterocycles. The predicted molar refractivity (Wildman–Crippen MR) is 170 cm³/mol. The number of likely N-dealkylation sites (N-methyl/N-ethyl adjacent to an activating group) is 1. The summed E-state index contributed by atoms with van der Waals surface area (Å²) in [6.07, 6.45) is 0.750. The van der Waals surface area contributed by atoms with Gasteiger partial charge in [0.2, 0.25) is 17.7 Å². The molecule has 0 unspecified atom stereocenters. The number of nitrogens with one attached hydrogen (secondary N) is 3. The lowest BCUT2D eigenvalue weighted by molar-refractivity contribution is -0.138. The van der Waals surface area contributed by atoms with Crippen LogP contribution in [-0.4, -0.2) is 73.5 Å². The van der Waals surface area contributed by atoms with Crippen LogP contribution in [0.5, 0.6) is 11.5 Å². The SMILES string of the molecule is Cc1ccc(OCCNC(=O)[C@@H]2CC(=O)N[C@@H](CC(C)C)C(=O)N(C)[C@H](CC(C)C)COc3ccccc3C(=O)N2)c(C)c1. The zero-order valence-electron chi connectivity index (χ0n) is 27.1. The molecule has 1 heterocycles. The minimum absolute atomic E-state index is 0.124. The molecular weight excluding hydrogens is 560 g/mol. The molecule has 10 heteroatoms. The molecule has 0 saturated heterocycles. The second kappa shape index (κ2) is 16.1. The molecule has 2 aromatic carbocycles. The lowest BCUT2D eigenvalue weighted by atomic mass is 9.99. The molecule has 0 radical (unpaired) electrons. The summed E-state index contributed by atoms with van der Waals surface area (Å²) in [5.74, 6) is -0.356. The summed E-state index contributed by atoms with van der Waals surface area (Å²) in [4.78, 5) is 55.5. The number of para-hydroxylation sites is 1. The Hall–Kier alpha value is -4.08. The Labute approximate surface area is 261 Å². The van der Waals surface area contributed by atoms with Crippen molar-refractivity contribution in [2.24, 2.45) is 11.8 Å². The predicted octanol–water partition coefficient (Wildman–Crippen LogP) is 3.78. The number of ether oxygens (including phenoxy) is 2. The first-order valence-corrected chi connectivity index (χ1v) is 15.4. The Balaban J connectivity index is 1.84. The van der Waals surface area contributed by atoms with Gasteiger partial charge in [0.15, 0.2) is 0 Å². The Morgan fingerprint density at radius 3 is 2.41 bits per heavy atom. The highest BCUT2D eigenvalue weighted by atomic mass is 16.5. The van der Waals surface area contributed by atoms with Gasteiger partial charge < -0.3 is 30.3 Å². The molecule has 0 bridgehead atoms. The Morgan fingerprint density at radius 1 is 1.02 bits per heavy atom. The summed E-state index contributed by atoms with van der Waals surface area (Å²) in [5.41, 5.74) is 2.34. The second-order valence-electron chi connectivity index (χ2n) is 12.4. The highest BCUT2D eigenvalue weighted by Crippen LogP contribution is 2.22. The number of benzene rings is 2. The number of nitrogens with zero attached hydrogens (tertiary/aromatic N) is 1. The van der Waals surface area contributed by atoms with E-state index in [0.29, 0.717) is 24.3 Å². The fraction of sp³-hybridized carbons (Fsp3) is 0.529. The first-order chi connectivity index (χ1) is 20.8. The maximum atomic E-state index is 13.7. The highest BCUT2D eigenvalue weighted by Gasteiger charge is 2.33. The molecule has 1 aliphatic rings. The van der Waals surface area contributed by atoms with Gasteiger partial charge in [-0.05, 0) is 62.3 Å². The van der Waals surface area contributed by atoms with Crippen LogP contribution in [0.15, 0.2) is 42.5 Å². The van der Waals surface area contributed by atoms with Crippen molar-refractivity contribution < 1.29 is 28.7 Å². The monoisotopic (exact) mass is 608 g/mol. The zero-order chi connectivity index (χ0) is 32.4. The third kappa shape index (κ3) is 9.99. The fourth-order valence-corrected chi connectivity index (χ4v) is 5.27. The quantitative estimate of drug-likeness (QED) is 0.372. The van der Waals surface area contributed by atoms with Crippen LogP contribution in [0.3, 0.4) is 0 Å². The van der Waals surface area contributed by atoms with Gasteiger partial charge in [0, 0.05) is 7.05 Å².